The van der Waals surface area contributed by atoms with Gasteiger partial charge >= 0.3 is 6.18 Å². The Morgan fingerprint density at radius 1 is 1.38 bits per heavy atom. The van der Waals surface area contributed by atoms with Crippen molar-refractivity contribution in [1.29, 1.82) is 0 Å². The van der Waals surface area contributed by atoms with Crippen molar-refractivity contribution in [1.82, 2.24) is 4.98 Å². The zero-order valence-electron chi connectivity index (χ0n) is 6.39. The molecule has 68 valence electrons. The predicted molar refractivity (Wildman–Crippen MR) is 41.6 cm³/mol. The van der Waals surface area contributed by atoms with Gasteiger partial charge in [0.1, 0.15) is 5.82 Å². The van der Waals surface area contributed by atoms with Gasteiger partial charge in [-0.1, -0.05) is 5.92 Å². The molecule has 5 heteroatoms. The lowest BCUT2D eigenvalue weighted by atomic mass is 10.2. The number of aromatic nitrogens is 1. The Labute approximate surface area is 72.6 Å². The number of pyridine rings is 1. The second kappa shape index (κ2) is 2.98. The van der Waals surface area contributed by atoms with Gasteiger partial charge < -0.3 is 5.73 Å². The Bertz CT molecular complexity index is 363. The topological polar surface area (TPSA) is 38.9 Å². The van der Waals surface area contributed by atoms with Crippen molar-refractivity contribution in [2.24, 2.45) is 0 Å². The van der Waals surface area contributed by atoms with Gasteiger partial charge in [0.2, 0.25) is 0 Å². The smallest absolute Gasteiger partial charge is 0.384 e. The van der Waals surface area contributed by atoms with Gasteiger partial charge in [-0.3, -0.25) is 0 Å². The summed E-state index contributed by atoms with van der Waals surface area (Å²) in [6.07, 6.45) is 0.308. The molecule has 0 amide bonds. The van der Waals surface area contributed by atoms with Crippen molar-refractivity contribution >= 4 is 5.82 Å². The molecule has 0 saturated carbocycles. The van der Waals surface area contributed by atoms with Gasteiger partial charge in [-0.2, -0.15) is 13.2 Å². The van der Waals surface area contributed by atoms with E-state index in [4.69, 9.17) is 12.2 Å². The van der Waals surface area contributed by atoms with Gasteiger partial charge in [-0.25, -0.2) is 4.98 Å². The van der Waals surface area contributed by atoms with E-state index in [1.807, 2.05) is 5.92 Å². The molecule has 0 aliphatic rings. The van der Waals surface area contributed by atoms with Crippen molar-refractivity contribution in [3.63, 3.8) is 0 Å². The number of nitrogens with two attached hydrogens (primary N) is 1. The molecule has 1 rings (SSSR count). The molecule has 1 aromatic heterocycles. The zero-order valence-corrected chi connectivity index (χ0v) is 6.39. The molecule has 0 fully saturated rings. The summed E-state index contributed by atoms with van der Waals surface area (Å²) in [6, 6.07) is 2.34. The van der Waals surface area contributed by atoms with E-state index in [9.17, 15) is 13.2 Å². The minimum absolute atomic E-state index is 0.202. The minimum Gasteiger partial charge on any atom is -0.384 e. The molecule has 0 aromatic carbocycles. The van der Waals surface area contributed by atoms with Gasteiger partial charge in [0.05, 0.1) is 5.56 Å². The van der Waals surface area contributed by atoms with Gasteiger partial charge in [0.25, 0.3) is 0 Å². The number of halogens is 3. The summed E-state index contributed by atoms with van der Waals surface area (Å²) in [5.41, 5.74) is 3.68. The van der Waals surface area contributed by atoms with E-state index in [2.05, 4.69) is 4.98 Å². The van der Waals surface area contributed by atoms with E-state index >= 15 is 0 Å². The van der Waals surface area contributed by atoms with Gasteiger partial charge in [0, 0.05) is 0 Å². The summed E-state index contributed by atoms with van der Waals surface area (Å²) in [6.45, 7) is 0. The Hall–Kier alpha value is -1.70. The number of hydrogen-bond acceptors (Lipinski definition) is 2. The van der Waals surface area contributed by atoms with Crippen LogP contribution in [-0.4, -0.2) is 4.98 Å². The maximum Gasteiger partial charge on any atom is 0.434 e. The third-order valence-corrected chi connectivity index (χ3v) is 1.34. The molecule has 1 heterocycles. The van der Waals surface area contributed by atoms with Crippen LogP contribution in [0.5, 0.6) is 0 Å². The first-order valence-electron chi connectivity index (χ1n) is 3.25. The standard InChI is InChI=1S/C8H5F3N2/c1-2-5-3-4-6(12)13-7(5)8(9,10)11/h1,3-4H,(H2,12,13). The molecule has 0 unspecified atom stereocenters. The van der Waals surface area contributed by atoms with Crippen LogP contribution in [-0.2, 0) is 6.18 Å². The largest absolute Gasteiger partial charge is 0.434 e. The van der Waals surface area contributed by atoms with Crippen molar-refractivity contribution in [2.75, 3.05) is 5.73 Å². The van der Waals surface area contributed by atoms with Crippen LogP contribution in [0.4, 0.5) is 19.0 Å². The Morgan fingerprint density at radius 3 is 2.46 bits per heavy atom. The summed E-state index contributed by atoms with van der Waals surface area (Å²) in [7, 11) is 0. The first-order valence-corrected chi connectivity index (χ1v) is 3.25. The van der Waals surface area contributed by atoms with Crippen molar-refractivity contribution in [3.8, 4) is 12.3 Å². The van der Waals surface area contributed by atoms with Gasteiger partial charge in [0.15, 0.2) is 5.69 Å². The van der Waals surface area contributed by atoms with Crippen LogP contribution in [0.15, 0.2) is 12.1 Å². The molecule has 13 heavy (non-hydrogen) atoms. The van der Waals surface area contributed by atoms with Crippen LogP contribution in [0.3, 0.4) is 0 Å². The molecule has 0 saturated heterocycles. The lowest BCUT2D eigenvalue weighted by molar-refractivity contribution is -0.141. The fourth-order valence-electron chi connectivity index (χ4n) is 0.807. The number of anilines is 1. The van der Waals surface area contributed by atoms with Crippen LogP contribution in [0, 0.1) is 12.3 Å². The Morgan fingerprint density at radius 2 is 2.00 bits per heavy atom. The monoisotopic (exact) mass is 186 g/mol. The first-order chi connectivity index (χ1) is 5.95. The molecule has 0 atom stereocenters. The van der Waals surface area contributed by atoms with Crippen molar-refractivity contribution in [2.45, 2.75) is 6.18 Å². The molecule has 0 radical (unpaired) electrons. The molecule has 0 bridgehead atoms. The average Bonchev–Trinajstić information content (AvgIpc) is 2.03. The Balaban J connectivity index is 3.35. The summed E-state index contributed by atoms with van der Waals surface area (Å²) in [4.78, 5) is 3.13. The first kappa shape index (κ1) is 9.39. The molecule has 2 nitrogen and oxygen atoms in total. The molecule has 0 aliphatic heterocycles. The van der Waals surface area contributed by atoms with E-state index in [0.29, 0.717) is 0 Å². The molecule has 2 N–H and O–H groups in total. The van der Waals surface area contributed by atoms with Crippen molar-refractivity contribution in [3.05, 3.63) is 23.4 Å². The number of nitrogens with zero attached hydrogens (tertiary/aromatic N) is 1. The molecular weight excluding hydrogens is 181 g/mol. The lowest BCUT2D eigenvalue weighted by Crippen LogP contribution is -2.11. The highest BCUT2D eigenvalue weighted by atomic mass is 19.4. The van der Waals surface area contributed by atoms with Crippen LogP contribution in [0.2, 0.25) is 0 Å². The van der Waals surface area contributed by atoms with E-state index in [1.165, 1.54) is 6.07 Å². The average molecular weight is 186 g/mol. The van der Waals surface area contributed by atoms with Crippen LogP contribution >= 0.6 is 0 Å². The molecule has 1 aromatic rings. The fourth-order valence-corrected chi connectivity index (χ4v) is 0.807. The second-order valence-corrected chi connectivity index (χ2v) is 2.27. The number of alkyl halides is 3. The highest BCUT2D eigenvalue weighted by Crippen LogP contribution is 2.30. The summed E-state index contributed by atoms with van der Waals surface area (Å²) >= 11 is 0. The number of hydrogen-bond donors (Lipinski definition) is 1. The van der Waals surface area contributed by atoms with Crippen molar-refractivity contribution < 1.29 is 13.2 Å². The molecule has 0 aliphatic carbocycles. The maximum atomic E-state index is 12.2. The minimum atomic E-state index is -4.56. The lowest BCUT2D eigenvalue weighted by Gasteiger charge is -2.07. The summed E-state index contributed by atoms with van der Waals surface area (Å²) in [5, 5.41) is 0. The highest BCUT2D eigenvalue weighted by Gasteiger charge is 2.35. The maximum absolute atomic E-state index is 12.2. The normalized spacial score (nSPS) is 10.9. The van der Waals surface area contributed by atoms with Gasteiger partial charge in [-0.15, -0.1) is 6.42 Å². The van der Waals surface area contributed by atoms with E-state index in [0.717, 1.165) is 6.07 Å². The van der Waals surface area contributed by atoms with Crippen LogP contribution in [0.1, 0.15) is 11.3 Å². The van der Waals surface area contributed by atoms with E-state index in [1.54, 1.807) is 0 Å². The number of rotatable bonds is 0. The third kappa shape index (κ3) is 1.90. The molecular formula is C8H5F3N2. The third-order valence-electron chi connectivity index (χ3n) is 1.34. The molecule has 0 spiro atoms. The number of terminal acetylenes is 1. The highest BCUT2D eigenvalue weighted by molar-refractivity contribution is 5.43. The predicted octanol–water partition coefficient (Wildman–Crippen LogP) is 1.66. The van der Waals surface area contributed by atoms with Gasteiger partial charge in [-0.05, 0) is 12.1 Å². The fraction of sp³-hybridized carbons (Fsp3) is 0.125. The second-order valence-electron chi connectivity index (χ2n) is 2.27. The summed E-state index contributed by atoms with van der Waals surface area (Å²) in [5.74, 6) is 1.69. The van der Waals surface area contributed by atoms with E-state index in [-0.39, 0.29) is 11.4 Å². The number of nitrogen functional groups attached to an aromatic ring is 1. The SMILES string of the molecule is C#Cc1ccc(N)nc1C(F)(F)F. The Kier molecular flexibility index (Phi) is 2.15. The van der Waals surface area contributed by atoms with E-state index < -0.39 is 11.9 Å². The van der Waals surface area contributed by atoms with Crippen LogP contribution in [0.25, 0.3) is 0 Å². The summed E-state index contributed by atoms with van der Waals surface area (Å²) < 4.78 is 36.6. The van der Waals surface area contributed by atoms with Crippen LogP contribution < -0.4 is 5.73 Å². The quantitative estimate of drug-likeness (QED) is 0.626. The zero-order chi connectivity index (χ0) is 10.1.